The van der Waals surface area contributed by atoms with Crippen LogP contribution in [0.1, 0.15) is 46.5 Å². The molecule has 0 spiro atoms. The van der Waals surface area contributed by atoms with Gasteiger partial charge in [0.2, 0.25) is 0 Å². The van der Waals surface area contributed by atoms with E-state index in [1.807, 2.05) is 13.8 Å². The zero-order valence-electron chi connectivity index (χ0n) is 17.5. The molecule has 0 bridgehead atoms. The molecular weight excluding hydrogens is 399 g/mol. The molecule has 10 nitrogen and oxygen atoms in total. The number of carbonyl (C=O) groups is 1. The van der Waals surface area contributed by atoms with Crippen LogP contribution in [0.2, 0.25) is 6.32 Å². The van der Waals surface area contributed by atoms with Gasteiger partial charge in [0.05, 0.1) is 0 Å². The second-order valence-corrected chi connectivity index (χ2v) is 11.0. The zero-order chi connectivity index (χ0) is 22.2. The molecule has 7 N–H and O–H groups in total. The van der Waals surface area contributed by atoms with Gasteiger partial charge in [-0.1, -0.05) is 20.3 Å². The Morgan fingerprint density at radius 3 is 2.31 bits per heavy atom. The minimum atomic E-state index is -3.97. The van der Waals surface area contributed by atoms with Gasteiger partial charge in [-0.3, -0.25) is 4.79 Å². The quantitative estimate of drug-likeness (QED) is 0.259. The Hall–Kier alpha value is -0.755. The second-order valence-electron chi connectivity index (χ2n) is 9.13. The predicted octanol–water partition coefficient (Wildman–Crippen LogP) is -0.964. The normalized spacial score (nSPS) is 28.1. The minimum Gasteiger partial charge on any atom is -0.480 e. The third-order valence-corrected chi connectivity index (χ3v) is 8.25. The first-order chi connectivity index (χ1) is 13.2. The Labute approximate surface area is 173 Å². The highest BCUT2D eigenvalue weighted by Crippen LogP contribution is 2.41. The average Bonchev–Trinajstić information content (AvgIpc) is 3.25. The van der Waals surface area contributed by atoms with E-state index in [1.54, 1.807) is 6.92 Å². The van der Waals surface area contributed by atoms with Crippen LogP contribution in [0.3, 0.4) is 0 Å². The third kappa shape index (κ3) is 5.30. The number of carboxylic acids is 1. The van der Waals surface area contributed by atoms with Gasteiger partial charge in [0.15, 0.2) is 0 Å². The van der Waals surface area contributed by atoms with Crippen LogP contribution >= 0.6 is 0 Å². The van der Waals surface area contributed by atoms with E-state index in [1.165, 1.54) is 4.31 Å². The molecule has 1 saturated heterocycles. The number of nitrogens with two attached hydrogens (primary N) is 2. The molecule has 29 heavy (non-hydrogen) atoms. The van der Waals surface area contributed by atoms with Crippen LogP contribution in [0, 0.1) is 11.8 Å². The summed E-state index contributed by atoms with van der Waals surface area (Å²) in [6, 6.07) is -0.407. The summed E-state index contributed by atoms with van der Waals surface area (Å²) in [4.78, 5) is 11.9. The Morgan fingerprint density at radius 2 is 1.86 bits per heavy atom. The molecule has 1 heterocycles. The van der Waals surface area contributed by atoms with Crippen LogP contribution in [0.15, 0.2) is 0 Å². The molecule has 0 aromatic rings. The van der Waals surface area contributed by atoms with E-state index in [-0.39, 0.29) is 38.3 Å². The average molecular weight is 434 g/mol. The van der Waals surface area contributed by atoms with Crippen LogP contribution in [-0.4, -0.2) is 82.0 Å². The maximum Gasteiger partial charge on any atom is 0.451 e. The standard InChI is InChI=1S/C17H35BN4O6S/c1-12(2)9-22(13(3)16(19)6-7-16)29(27,28)21-10-14(5-4-8-18(25)26)17(20,11-21)15(23)24/h12-14,25-26H,4-11,19-20H2,1-3H3,(H,23,24)/t13?,14-,17-/m0/s1. The summed E-state index contributed by atoms with van der Waals surface area (Å²) in [7, 11) is -5.46. The van der Waals surface area contributed by atoms with E-state index in [4.69, 9.17) is 21.5 Å². The van der Waals surface area contributed by atoms with Crippen molar-refractivity contribution in [1.82, 2.24) is 8.61 Å². The molecule has 1 aliphatic heterocycles. The van der Waals surface area contributed by atoms with Gasteiger partial charge in [-0.25, -0.2) is 0 Å². The SMILES string of the molecule is CC(C)CN(C(C)C1(N)CC1)S(=O)(=O)N1C[C@H](CCCB(O)O)[C@](N)(C(=O)O)C1. The maximum atomic E-state index is 13.5. The molecule has 2 rings (SSSR count). The fourth-order valence-electron chi connectivity index (χ4n) is 4.02. The van der Waals surface area contributed by atoms with Crippen molar-refractivity contribution in [1.29, 1.82) is 0 Å². The fourth-order valence-corrected chi connectivity index (χ4v) is 6.15. The lowest BCUT2D eigenvalue weighted by atomic mass is 9.78. The van der Waals surface area contributed by atoms with Crippen molar-refractivity contribution in [2.75, 3.05) is 19.6 Å². The van der Waals surface area contributed by atoms with Crippen LogP contribution in [-0.2, 0) is 15.0 Å². The second kappa shape index (κ2) is 8.78. The van der Waals surface area contributed by atoms with E-state index in [0.29, 0.717) is 6.42 Å². The monoisotopic (exact) mass is 434 g/mol. The Bertz CT molecular complexity index is 702. The first-order valence-corrected chi connectivity index (χ1v) is 11.6. The molecule has 1 saturated carbocycles. The largest absolute Gasteiger partial charge is 0.480 e. The molecule has 0 amide bonds. The number of nitrogens with zero attached hydrogens (tertiary/aromatic N) is 2. The van der Waals surface area contributed by atoms with E-state index in [0.717, 1.165) is 17.1 Å². The molecule has 0 aromatic carbocycles. The van der Waals surface area contributed by atoms with E-state index >= 15 is 0 Å². The predicted molar refractivity (Wildman–Crippen MR) is 110 cm³/mol. The van der Waals surface area contributed by atoms with Gasteiger partial charge in [-0.2, -0.15) is 17.0 Å². The molecule has 0 aromatic heterocycles. The Balaban J connectivity index is 2.26. The first kappa shape index (κ1) is 24.5. The van der Waals surface area contributed by atoms with Crippen molar-refractivity contribution in [3.8, 4) is 0 Å². The van der Waals surface area contributed by atoms with Crippen molar-refractivity contribution in [2.24, 2.45) is 23.3 Å². The number of aliphatic carboxylic acids is 1. The molecule has 2 fully saturated rings. The summed E-state index contributed by atoms with van der Waals surface area (Å²) >= 11 is 0. The van der Waals surface area contributed by atoms with Gasteiger partial charge in [0.25, 0.3) is 10.2 Å². The van der Waals surface area contributed by atoms with Crippen LogP contribution < -0.4 is 11.5 Å². The van der Waals surface area contributed by atoms with Gasteiger partial charge >= 0.3 is 13.1 Å². The summed E-state index contributed by atoms with van der Waals surface area (Å²) in [5.74, 6) is -1.82. The first-order valence-electron chi connectivity index (χ1n) is 10.2. The molecule has 168 valence electrons. The van der Waals surface area contributed by atoms with Gasteiger partial charge in [0.1, 0.15) is 5.54 Å². The lowest BCUT2D eigenvalue weighted by molar-refractivity contribution is -0.144. The fraction of sp³-hybridized carbons (Fsp3) is 0.941. The van der Waals surface area contributed by atoms with Crippen molar-refractivity contribution >= 4 is 23.3 Å². The lowest BCUT2D eigenvalue weighted by Gasteiger charge is -2.36. The van der Waals surface area contributed by atoms with E-state index in [9.17, 15) is 18.3 Å². The number of hydrogen-bond acceptors (Lipinski definition) is 7. The molecule has 3 atom stereocenters. The number of hydrogen-bond donors (Lipinski definition) is 5. The summed E-state index contributed by atoms with van der Waals surface area (Å²) in [6.07, 6.45) is 2.19. The van der Waals surface area contributed by atoms with E-state index < -0.39 is 46.3 Å². The van der Waals surface area contributed by atoms with Crippen molar-refractivity contribution in [2.45, 2.75) is 69.9 Å². The highest BCUT2D eigenvalue weighted by Gasteiger charge is 2.55. The summed E-state index contributed by atoms with van der Waals surface area (Å²) in [5.41, 5.74) is 10.2. The topological polar surface area (TPSA) is 170 Å². The number of carboxylic acid groups (broad SMARTS) is 1. The zero-order valence-corrected chi connectivity index (χ0v) is 18.3. The third-order valence-electron chi connectivity index (χ3n) is 6.26. The van der Waals surface area contributed by atoms with Crippen LogP contribution in [0.4, 0.5) is 0 Å². The maximum absolute atomic E-state index is 13.5. The van der Waals surface area contributed by atoms with Crippen LogP contribution in [0.5, 0.6) is 0 Å². The Morgan fingerprint density at radius 1 is 1.28 bits per heavy atom. The summed E-state index contributed by atoms with van der Waals surface area (Å²) in [6.45, 7) is 5.58. The molecule has 2 aliphatic rings. The van der Waals surface area contributed by atoms with Crippen molar-refractivity contribution < 1.29 is 28.4 Å². The number of rotatable bonds is 11. The Kier molecular flexibility index (Phi) is 7.42. The van der Waals surface area contributed by atoms with Gasteiger partial charge < -0.3 is 26.6 Å². The highest BCUT2D eigenvalue weighted by molar-refractivity contribution is 7.86. The van der Waals surface area contributed by atoms with Gasteiger partial charge in [-0.05, 0) is 38.4 Å². The molecular formula is C17H35BN4O6S. The molecule has 1 aliphatic carbocycles. The summed E-state index contributed by atoms with van der Waals surface area (Å²) in [5, 5.41) is 27.7. The highest BCUT2D eigenvalue weighted by atomic mass is 32.2. The lowest BCUT2D eigenvalue weighted by Crippen LogP contribution is -2.57. The van der Waals surface area contributed by atoms with Crippen molar-refractivity contribution in [3.63, 3.8) is 0 Å². The van der Waals surface area contributed by atoms with Gasteiger partial charge in [-0.15, -0.1) is 0 Å². The molecule has 1 unspecified atom stereocenters. The van der Waals surface area contributed by atoms with Gasteiger partial charge in [0, 0.05) is 37.1 Å². The van der Waals surface area contributed by atoms with Crippen molar-refractivity contribution in [3.05, 3.63) is 0 Å². The minimum absolute atomic E-state index is 0.0223. The molecule has 12 heteroatoms. The van der Waals surface area contributed by atoms with Crippen LogP contribution in [0.25, 0.3) is 0 Å². The molecule has 0 radical (unpaired) electrons. The smallest absolute Gasteiger partial charge is 0.451 e. The summed E-state index contributed by atoms with van der Waals surface area (Å²) < 4.78 is 29.5. The van der Waals surface area contributed by atoms with E-state index in [2.05, 4.69) is 0 Å².